The van der Waals surface area contributed by atoms with Crippen molar-refractivity contribution in [1.29, 1.82) is 0 Å². The molecular formula is C12H9NOS. The summed E-state index contributed by atoms with van der Waals surface area (Å²) in [6.45, 7) is 0.267. The molecule has 1 amide bonds. The van der Waals surface area contributed by atoms with Gasteiger partial charge in [0, 0.05) is 15.5 Å². The monoisotopic (exact) mass is 215 g/mol. The standard InChI is InChI=1S/C12H9NOS/c1-2-7-13-12(14)10-8-15-11-6-4-3-5-9(10)11/h1,3-6,8H,7H2,(H,13,14). The zero-order valence-electron chi connectivity index (χ0n) is 7.99. The van der Waals surface area contributed by atoms with E-state index in [0.717, 1.165) is 10.1 Å². The predicted octanol–water partition coefficient (Wildman–Crippen LogP) is 2.26. The van der Waals surface area contributed by atoms with Gasteiger partial charge >= 0.3 is 0 Å². The number of amides is 1. The number of hydrogen-bond donors (Lipinski definition) is 1. The molecule has 0 aliphatic carbocycles. The molecule has 74 valence electrons. The molecule has 0 radical (unpaired) electrons. The number of terminal acetylenes is 1. The maximum Gasteiger partial charge on any atom is 0.253 e. The predicted molar refractivity (Wildman–Crippen MR) is 63.0 cm³/mol. The van der Waals surface area contributed by atoms with Crippen LogP contribution in [0.15, 0.2) is 29.6 Å². The van der Waals surface area contributed by atoms with Crippen molar-refractivity contribution in [3.8, 4) is 12.3 Å². The maximum absolute atomic E-state index is 11.7. The lowest BCUT2D eigenvalue weighted by atomic mass is 10.2. The number of fused-ring (bicyclic) bond motifs is 1. The van der Waals surface area contributed by atoms with E-state index in [1.165, 1.54) is 0 Å². The summed E-state index contributed by atoms with van der Waals surface area (Å²) < 4.78 is 1.11. The molecule has 0 fully saturated rings. The fraction of sp³-hybridized carbons (Fsp3) is 0.0833. The fourth-order valence-corrected chi connectivity index (χ4v) is 2.32. The molecule has 1 heterocycles. The van der Waals surface area contributed by atoms with Gasteiger partial charge in [-0.15, -0.1) is 17.8 Å². The molecule has 0 spiro atoms. The van der Waals surface area contributed by atoms with E-state index < -0.39 is 0 Å². The van der Waals surface area contributed by atoms with Gasteiger partial charge in [0.15, 0.2) is 0 Å². The summed E-state index contributed by atoms with van der Waals surface area (Å²) in [5.74, 6) is 2.27. The minimum atomic E-state index is -0.106. The van der Waals surface area contributed by atoms with Gasteiger partial charge in [-0.2, -0.15) is 0 Å². The molecule has 0 unspecified atom stereocenters. The van der Waals surface area contributed by atoms with Crippen molar-refractivity contribution in [3.05, 3.63) is 35.2 Å². The SMILES string of the molecule is C#CCNC(=O)c1csc2ccccc12. The Morgan fingerprint density at radius 3 is 3.07 bits per heavy atom. The van der Waals surface area contributed by atoms with Crippen molar-refractivity contribution >= 4 is 27.3 Å². The number of hydrogen-bond acceptors (Lipinski definition) is 2. The second-order valence-corrected chi connectivity index (χ2v) is 3.94. The second-order valence-electron chi connectivity index (χ2n) is 3.03. The molecule has 0 atom stereocenters. The Morgan fingerprint density at radius 1 is 1.47 bits per heavy atom. The first-order chi connectivity index (χ1) is 7.33. The van der Waals surface area contributed by atoms with Gasteiger partial charge in [0.1, 0.15) is 0 Å². The molecule has 2 rings (SSSR count). The molecule has 0 aliphatic heterocycles. The van der Waals surface area contributed by atoms with E-state index in [9.17, 15) is 4.79 Å². The van der Waals surface area contributed by atoms with Gasteiger partial charge in [-0.1, -0.05) is 24.1 Å². The number of carbonyl (C=O) groups excluding carboxylic acids is 1. The molecule has 0 aliphatic rings. The highest BCUT2D eigenvalue weighted by molar-refractivity contribution is 7.17. The highest BCUT2D eigenvalue weighted by atomic mass is 32.1. The van der Waals surface area contributed by atoms with Crippen LogP contribution in [0.5, 0.6) is 0 Å². The van der Waals surface area contributed by atoms with Crippen molar-refractivity contribution in [2.75, 3.05) is 6.54 Å². The molecule has 1 N–H and O–H groups in total. The number of carbonyl (C=O) groups is 1. The topological polar surface area (TPSA) is 29.1 Å². The van der Waals surface area contributed by atoms with Crippen LogP contribution in [0.2, 0.25) is 0 Å². The molecule has 1 aromatic heterocycles. The lowest BCUT2D eigenvalue weighted by Crippen LogP contribution is -2.23. The van der Waals surface area contributed by atoms with Gasteiger partial charge in [0.05, 0.1) is 12.1 Å². The summed E-state index contributed by atoms with van der Waals surface area (Å²) in [4.78, 5) is 11.7. The first-order valence-electron chi connectivity index (χ1n) is 4.51. The Morgan fingerprint density at radius 2 is 2.27 bits per heavy atom. The van der Waals surface area contributed by atoms with Crippen molar-refractivity contribution in [1.82, 2.24) is 5.32 Å². The first-order valence-corrected chi connectivity index (χ1v) is 5.39. The molecule has 0 saturated carbocycles. The third kappa shape index (κ3) is 1.85. The summed E-state index contributed by atoms with van der Waals surface area (Å²) >= 11 is 1.56. The third-order valence-electron chi connectivity index (χ3n) is 2.08. The molecular weight excluding hydrogens is 206 g/mol. The Labute approximate surface area is 91.9 Å². The smallest absolute Gasteiger partial charge is 0.253 e. The average Bonchev–Trinajstić information content (AvgIpc) is 2.69. The summed E-state index contributed by atoms with van der Waals surface area (Å²) in [5.41, 5.74) is 0.700. The highest BCUT2D eigenvalue weighted by Crippen LogP contribution is 2.25. The molecule has 1 aromatic carbocycles. The van der Waals surface area contributed by atoms with Crippen LogP contribution in [-0.4, -0.2) is 12.5 Å². The van der Waals surface area contributed by atoms with Crippen LogP contribution >= 0.6 is 11.3 Å². The molecule has 0 bridgehead atoms. The van der Waals surface area contributed by atoms with Crippen molar-refractivity contribution in [2.45, 2.75) is 0 Å². The number of nitrogens with one attached hydrogen (secondary N) is 1. The van der Waals surface area contributed by atoms with Gasteiger partial charge in [0.25, 0.3) is 5.91 Å². The number of benzene rings is 1. The van der Waals surface area contributed by atoms with Crippen molar-refractivity contribution < 1.29 is 4.79 Å². The Balaban J connectivity index is 2.36. The quantitative estimate of drug-likeness (QED) is 0.765. The summed E-state index contributed by atoms with van der Waals surface area (Å²) in [7, 11) is 0. The molecule has 2 nitrogen and oxygen atoms in total. The molecule has 3 heteroatoms. The summed E-state index contributed by atoms with van der Waals surface area (Å²) in [6, 6.07) is 7.82. The first kappa shape index (κ1) is 9.75. The van der Waals surface area contributed by atoms with Crippen LogP contribution in [0, 0.1) is 12.3 Å². The van der Waals surface area contributed by atoms with E-state index in [2.05, 4.69) is 11.2 Å². The molecule has 0 saturated heterocycles. The average molecular weight is 215 g/mol. The van der Waals surface area contributed by atoms with Crippen LogP contribution in [0.4, 0.5) is 0 Å². The van der Waals surface area contributed by atoms with E-state index in [4.69, 9.17) is 6.42 Å². The zero-order valence-corrected chi connectivity index (χ0v) is 8.80. The Hall–Kier alpha value is -1.79. The van der Waals surface area contributed by atoms with Gasteiger partial charge in [-0.3, -0.25) is 4.79 Å². The van der Waals surface area contributed by atoms with Crippen molar-refractivity contribution in [3.63, 3.8) is 0 Å². The lowest BCUT2D eigenvalue weighted by Gasteiger charge is -1.99. The van der Waals surface area contributed by atoms with Crippen LogP contribution in [-0.2, 0) is 0 Å². The fourth-order valence-electron chi connectivity index (χ4n) is 1.38. The van der Waals surface area contributed by atoms with Crippen molar-refractivity contribution in [2.24, 2.45) is 0 Å². The zero-order chi connectivity index (χ0) is 10.7. The van der Waals surface area contributed by atoms with E-state index in [0.29, 0.717) is 5.56 Å². The van der Waals surface area contributed by atoms with Crippen LogP contribution in [0.3, 0.4) is 0 Å². The Bertz CT molecular complexity index is 536. The highest BCUT2D eigenvalue weighted by Gasteiger charge is 2.10. The largest absolute Gasteiger partial charge is 0.341 e. The minimum absolute atomic E-state index is 0.106. The number of thiophene rings is 1. The Kier molecular flexibility index (Phi) is 2.70. The number of rotatable bonds is 2. The van der Waals surface area contributed by atoms with Gasteiger partial charge in [-0.25, -0.2) is 0 Å². The summed E-state index contributed by atoms with van der Waals surface area (Å²) in [6.07, 6.45) is 5.08. The maximum atomic E-state index is 11.7. The normalized spacial score (nSPS) is 9.80. The van der Waals surface area contributed by atoms with Gasteiger partial charge < -0.3 is 5.32 Å². The van der Waals surface area contributed by atoms with Crippen LogP contribution < -0.4 is 5.32 Å². The summed E-state index contributed by atoms with van der Waals surface area (Å²) in [5, 5.41) is 5.50. The molecule has 15 heavy (non-hydrogen) atoms. The van der Waals surface area contributed by atoms with Crippen LogP contribution in [0.25, 0.3) is 10.1 Å². The van der Waals surface area contributed by atoms with Gasteiger partial charge in [-0.05, 0) is 6.07 Å². The molecule has 2 aromatic rings. The van der Waals surface area contributed by atoms with E-state index in [1.807, 2.05) is 29.6 Å². The van der Waals surface area contributed by atoms with E-state index in [1.54, 1.807) is 11.3 Å². The van der Waals surface area contributed by atoms with Crippen LogP contribution in [0.1, 0.15) is 10.4 Å². The lowest BCUT2D eigenvalue weighted by molar-refractivity contribution is 0.0961. The third-order valence-corrected chi connectivity index (χ3v) is 3.04. The van der Waals surface area contributed by atoms with Gasteiger partial charge in [0.2, 0.25) is 0 Å². The second kappa shape index (κ2) is 4.16. The minimum Gasteiger partial charge on any atom is -0.341 e. The van der Waals surface area contributed by atoms with E-state index in [-0.39, 0.29) is 12.5 Å². The van der Waals surface area contributed by atoms with E-state index >= 15 is 0 Å².